The van der Waals surface area contributed by atoms with Crippen molar-refractivity contribution in [3.05, 3.63) is 106 Å². The molecule has 0 fully saturated rings. The number of rotatable bonds is 4. The first-order chi connectivity index (χ1) is 13.5. The maximum atomic E-state index is 4.80. The number of aryl methyl sites for hydroxylation is 3. The molecule has 3 rings (SSSR count). The Morgan fingerprint density at radius 2 is 1.07 bits per heavy atom. The topological polar surface area (TPSA) is 37.1 Å². The average Bonchev–Trinajstić information content (AvgIpc) is 2.71. The summed E-state index contributed by atoms with van der Waals surface area (Å²) < 4.78 is 0. The highest BCUT2D eigenvalue weighted by Gasteiger charge is 2.07. The Kier molecular flexibility index (Phi) is 6.28. The van der Waals surface area contributed by atoms with Gasteiger partial charge in [0.25, 0.3) is 0 Å². The van der Waals surface area contributed by atoms with Crippen LogP contribution in [0, 0.1) is 20.8 Å². The van der Waals surface area contributed by atoms with Gasteiger partial charge in [-0.1, -0.05) is 89.5 Å². The highest BCUT2D eigenvalue weighted by Crippen LogP contribution is 2.12. The number of nitrogens with zero attached hydrogens (tertiary/aromatic N) is 3. The Hall–Kier alpha value is -3.33. The van der Waals surface area contributed by atoms with Gasteiger partial charge in [-0.15, -0.1) is 0 Å². The Balaban J connectivity index is 2.00. The molecule has 0 saturated heterocycles. The molecule has 0 heterocycles. The third kappa shape index (κ3) is 5.10. The van der Waals surface area contributed by atoms with Crippen molar-refractivity contribution >= 4 is 18.4 Å². The minimum Gasteiger partial charge on any atom is -0.261 e. The van der Waals surface area contributed by atoms with Crippen LogP contribution in [0.25, 0.3) is 0 Å². The van der Waals surface area contributed by atoms with Crippen molar-refractivity contribution in [2.45, 2.75) is 27.3 Å². The predicted octanol–water partition coefficient (Wildman–Crippen LogP) is 5.71. The van der Waals surface area contributed by atoms with Crippen LogP contribution < -0.4 is 0 Å². The Morgan fingerprint density at radius 1 is 0.643 bits per heavy atom. The molecule has 0 aliphatic carbocycles. The van der Waals surface area contributed by atoms with Crippen LogP contribution in [0.3, 0.4) is 0 Å². The van der Waals surface area contributed by atoms with Gasteiger partial charge >= 0.3 is 0 Å². The smallest absolute Gasteiger partial charge is 0.161 e. The summed E-state index contributed by atoms with van der Waals surface area (Å²) in [6, 6.07) is 24.7. The molecule has 0 N–H and O–H groups in total. The van der Waals surface area contributed by atoms with Crippen molar-refractivity contribution in [1.82, 2.24) is 0 Å². The summed E-state index contributed by atoms with van der Waals surface area (Å²) in [5.74, 6) is 1.23. The average molecular weight is 367 g/mol. The van der Waals surface area contributed by atoms with Gasteiger partial charge in [0.2, 0.25) is 0 Å². The van der Waals surface area contributed by atoms with E-state index in [1.165, 1.54) is 16.7 Å². The molecule has 28 heavy (non-hydrogen) atoms. The van der Waals surface area contributed by atoms with E-state index in [0.29, 0.717) is 18.2 Å². The van der Waals surface area contributed by atoms with E-state index >= 15 is 0 Å². The zero-order valence-corrected chi connectivity index (χ0v) is 16.7. The van der Waals surface area contributed by atoms with Crippen molar-refractivity contribution < 1.29 is 0 Å². The van der Waals surface area contributed by atoms with E-state index in [-0.39, 0.29) is 0 Å². The van der Waals surface area contributed by atoms with E-state index in [1.54, 1.807) is 0 Å². The molecule has 0 amide bonds. The maximum absolute atomic E-state index is 4.80. The van der Waals surface area contributed by atoms with Crippen LogP contribution in [0.15, 0.2) is 87.8 Å². The van der Waals surface area contributed by atoms with Crippen LogP contribution in [0.1, 0.15) is 33.4 Å². The van der Waals surface area contributed by atoms with Crippen molar-refractivity contribution in [2.75, 3.05) is 0 Å². The molecule has 0 atom stereocenters. The molecular formula is C25H25N3. The standard InChI is InChI=1S/C25H25N3/c1-18-5-11-21(12-6-18)17-27-25(23-15-9-20(3)10-16-23)28-24(26-4)22-13-7-19(2)8-14-22/h5-16H,4,17H2,1-3H3. The fraction of sp³-hybridized carbons (Fsp3) is 0.160. The van der Waals surface area contributed by atoms with Crippen LogP contribution in [-0.4, -0.2) is 18.4 Å². The first-order valence-electron chi connectivity index (χ1n) is 9.34. The lowest BCUT2D eigenvalue weighted by Gasteiger charge is -2.07. The van der Waals surface area contributed by atoms with Crippen LogP contribution in [0.2, 0.25) is 0 Å². The maximum Gasteiger partial charge on any atom is 0.161 e. The molecule has 0 bridgehead atoms. The Morgan fingerprint density at radius 3 is 1.54 bits per heavy atom. The van der Waals surface area contributed by atoms with Gasteiger partial charge in [-0.25, -0.2) is 9.98 Å². The molecule has 0 aliphatic rings. The minimum atomic E-state index is 0.561. The second kappa shape index (κ2) is 9.05. The van der Waals surface area contributed by atoms with Gasteiger partial charge in [-0.2, -0.15) is 0 Å². The quantitative estimate of drug-likeness (QED) is 0.419. The fourth-order valence-electron chi connectivity index (χ4n) is 2.75. The fourth-order valence-corrected chi connectivity index (χ4v) is 2.75. The van der Waals surface area contributed by atoms with Gasteiger partial charge in [-0.3, -0.25) is 4.99 Å². The van der Waals surface area contributed by atoms with E-state index in [2.05, 4.69) is 68.9 Å². The molecule has 0 aliphatic heterocycles. The lowest BCUT2D eigenvalue weighted by atomic mass is 10.1. The van der Waals surface area contributed by atoms with Crippen molar-refractivity contribution in [3.63, 3.8) is 0 Å². The molecular weight excluding hydrogens is 342 g/mol. The van der Waals surface area contributed by atoms with Crippen molar-refractivity contribution in [1.29, 1.82) is 0 Å². The first-order valence-corrected chi connectivity index (χ1v) is 9.34. The van der Waals surface area contributed by atoms with E-state index < -0.39 is 0 Å². The van der Waals surface area contributed by atoms with Gasteiger partial charge in [0.15, 0.2) is 11.7 Å². The first kappa shape index (κ1) is 19.4. The summed E-state index contributed by atoms with van der Waals surface area (Å²) in [5, 5.41) is 0. The van der Waals surface area contributed by atoms with E-state index in [9.17, 15) is 0 Å². The molecule has 3 heteroatoms. The van der Waals surface area contributed by atoms with E-state index in [1.807, 2.05) is 36.4 Å². The molecule has 3 nitrogen and oxygen atoms in total. The molecule has 0 unspecified atom stereocenters. The number of aliphatic imine (C=N–C) groups is 3. The monoisotopic (exact) mass is 367 g/mol. The summed E-state index contributed by atoms with van der Waals surface area (Å²) in [5.41, 5.74) is 6.67. The summed E-state index contributed by atoms with van der Waals surface area (Å²) in [4.78, 5) is 13.7. The van der Waals surface area contributed by atoms with Crippen molar-refractivity contribution in [3.8, 4) is 0 Å². The van der Waals surface area contributed by atoms with Gasteiger partial charge in [0, 0.05) is 11.1 Å². The summed E-state index contributed by atoms with van der Waals surface area (Å²) in [6.07, 6.45) is 0. The number of benzene rings is 3. The highest BCUT2D eigenvalue weighted by molar-refractivity contribution is 6.12. The molecule has 0 saturated carbocycles. The SMILES string of the molecule is C=NC(=NC(=NCc1ccc(C)cc1)c1ccc(C)cc1)c1ccc(C)cc1. The largest absolute Gasteiger partial charge is 0.261 e. The van der Waals surface area contributed by atoms with Gasteiger partial charge in [0.1, 0.15) is 0 Å². The van der Waals surface area contributed by atoms with Crippen LogP contribution in [0.4, 0.5) is 0 Å². The number of hydrogen-bond donors (Lipinski definition) is 0. The Bertz CT molecular complexity index is 993. The molecule has 3 aromatic rings. The zero-order valence-electron chi connectivity index (χ0n) is 16.7. The minimum absolute atomic E-state index is 0.561. The molecule has 0 radical (unpaired) electrons. The lowest BCUT2D eigenvalue weighted by molar-refractivity contribution is 1.06. The van der Waals surface area contributed by atoms with Crippen LogP contribution >= 0.6 is 0 Å². The Labute approximate surface area is 167 Å². The van der Waals surface area contributed by atoms with E-state index in [0.717, 1.165) is 16.7 Å². The van der Waals surface area contributed by atoms with Crippen LogP contribution in [-0.2, 0) is 6.54 Å². The van der Waals surface area contributed by atoms with Crippen LogP contribution in [0.5, 0.6) is 0 Å². The van der Waals surface area contributed by atoms with E-state index in [4.69, 9.17) is 9.98 Å². The molecule has 140 valence electrons. The third-order valence-corrected chi connectivity index (χ3v) is 4.51. The van der Waals surface area contributed by atoms with Gasteiger partial charge in [-0.05, 0) is 33.1 Å². The van der Waals surface area contributed by atoms with Gasteiger partial charge in [0.05, 0.1) is 6.54 Å². The summed E-state index contributed by atoms with van der Waals surface area (Å²) in [7, 11) is 0. The van der Waals surface area contributed by atoms with Gasteiger partial charge < -0.3 is 0 Å². The third-order valence-electron chi connectivity index (χ3n) is 4.51. The number of hydrogen-bond acceptors (Lipinski definition) is 1. The van der Waals surface area contributed by atoms with Crippen molar-refractivity contribution in [2.24, 2.45) is 15.0 Å². The lowest BCUT2D eigenvalue weighted by Crippen LogP contribution is -2.05. The molecule has 0 aromatic heterocycles. The summed E-state index contributed by atoms with van der Waals surface area (Å²) >= 11 is 0. The predicted molar refractivity (Wildman–Crippen MR) is 120 cm³/mol. The summed E-state index contributed by atoms with van der Waals surface area (Å²) in [6.45, 7) is 10.5. The normalized spacial score (nSPS) is 12.1. The highest BCUT2D eigenvalue weighted by atomic mass is 15.0. The molecule has 3 aromatic carbocycles. The second-order valence-corrected chi connectivity index (χ2v) is 6.95. The molecule has 0 spiro atoms. The zero-order chi connectivity index (χ0) is 19.9. The number of amidine groups is 2. The second-order valence-electron chi connectivity index (χ2n) is 6.95.